The quantitative estimate of drug-likeness (QED) is 0.913. The van der Waals surface area contributed by atoms with Crippen molar-refractivity contribution in [2.24, 2.45) is 5.92 Å². The molecule has 0 aliphatic heterocycles. The van der Waals surface area contributed by atoms with Gasteiger partial charge in [0.1, 0.15) is 0 Å². The number of aliphatic carboxylic acids is 1. The van der Waals surface area contributed by atoms with Crippen molar-refractivity contribution in [1.82, 2.24) is 10.3 Å². The fourth-order valence-corrected chi connectivity index (χ4v) is 3.05. The van der Waals surface area contributed by atoms with Gasteiger partial charge in [-0.05, 0) is 25.0 Å². The van der Waals surface area contributed by atoms with E-state index in [0.717, 1.165) is 23.7 Å². The SMILES string of the molecule is O=C(N[C@H]1CCCC[C@H]1C(=O)O)c1cnc2ccccc2c1. The van der Waals surface area contributed by atoms with Crippen LogP contribution in [0.4, 0.5) is 0 Å². The number of rotatable bonds is 3. The summed E-state index contributed by atoms with van der Waals surface area (Å²) in [6, 6.07) is 9.07. The molecule has 0 bridgehead atoms. The summed E-state index contributed by atoms with van der Waals surface area (Å²) in [5.41, 5.74) is 1.30. The molecule has 1 aliphatic carbocycles. The number of aromatic nitrogens is 1. The Balaban J connectivity index is 1.78. The lowest BCUT2D eigenvalue weighted by Crippen LogP contribution is -2.45. The zero-order valence-electron chi connectivity index (χ0n) is 12.2. The number of hydrogen-bond acceptors (Lipinski definition) is 3. The van der Waals surface area contributed by atoms with Gasteiger partial charge in [-0.1, -0.05) is 31.0 Å². The number of amides is 1. The van der Waals surface area contributed by atoms with Gasteiger partial charge in [-0.25, -0.2) is 0 Å². The van der Waals surface area contributed by atoms with Gasteiger partial charge in [0, 0.05) is 17.6 Å². The minimum atomic E-state index is -0.832. The van der Waals surface area contributed by atoms with Crippen LogP contribution in [0.1, 0.15) is 36.0 Å². The summed E-state index contributed by atoms with van der Waals surface area (Å²) in [6.45, 7) is 0. The van der Waals surface area contributed by atoms with Gasteiger partial charge in [-0.3, -0.25) is 14.6 Å². The molecule has 3 rings (SSSR count). The number of nitrogens with one attached hydrogen (secondary N) is 1. The topological polar surface area (TPSA) is 79.3 Å². The number of carboxylic acid groups (broad SMARTS) is 1. The average Bonchev–Trinajstić information content (AvgIpc) is 2.54. The Bertz CT molecular complexity index is 714. The van der Waals surface area contributed by atoms with E-state index in [-0.39, 0.29) is 11.9 Å². The largest absolute Gasteiger partial charge is 0.481 e. The fraction of sp³-hybridized carbons (Fsp3) is 0.353. The molecule has 0 radical (unpaired) electrons. The molecule has 0 spiro atoms. The van der Waals surface area contributed by atoms with Gasteiger partial charge in [0.2, 0.25) is 0 Å². The maximum absolute atomic E-state index is 12.4. The summed E-state index contributed by atoms with van der Waals surface area (Å²) < 4.78 is 0. The van der Waals surface area contributed by atoms with Gasteiger partial charge in [0.05, 0.1) is 17.0 Å². The lowest BCUT2D eigenvalue weighted by atomic mass is 9.84. The Morgan fingerprint density at radius 2 is 1.95 bits per heavy atom. The molecule has 1 aliphatic rings. The van der Waals surface area contributed by atoms with Crippen LogP contribution >= 0.6 is 0 Å². The molecule has 5 nitrogen and oxygen atoms in total. The third-order valence-corrected chi connectivity index (χ3v) is 4.25. The molecule has 1 fully saturated rings. The van der Waals surface area contributed by atoms with E-state index in [1.807, 2.05) is 24.3 Å². The second kappa shape index (κ2) is 6.13. The first-order valence-corrected chi connectivity index (χ1v) is 7.53. The van der Waals surface area contributed by atoms with Crippen LogP contribution in [-0.4, -0.2) is 28.0 Å². The Hall–Kier alpha value is -2.43. The van der Waals surface area contributed by atoms with E-state index in [1.165, 1.54) is 6.20 Å². The van der Waals surface area contributed by atoms with Gasteiger partial charge >= 0.3 is 5.97 Å². The highest BCUT2D eigenvalue weighted by Gasteiger charge is 2.32. The number of para-hydroxylation sites is 1. The van der Waals surface area contributed by atoms with Crippen LogP contribution in [0, 0.1) is 5.92 Å². The maximum Gasteiger partial charge on any atom is 0.308 e. The molecule has 1 amide bonds. The fourth-order valence-electron chi connectivity index (χ4n) is 3.05. The zero-order valence-corrected chi connectivity index (χ0v) is 12.2. The standard InChI is InChI=1S/C17H18N2O3/c20-16(19-15-8-4-2-6-13(15)17(21)22)12-9-11-5-1-3-7-14(11)18-10-12/h1,3,5,7,9-10,13,15H,2,4,6,8H2,(H,19,20)(H,21,22)/t13-,15+/m1/s1. The predicted octanol–water partition coefficient (Wildman–Crippen LogP) is 2.61. The molecular formula is C17H18N2O3. The third kappa shape index (κ3) is 2.93. The molecule has 5 heteroatoms. The smallest absolute Gasteiger partial charge is 0.308 e. The molecule has 2 N–H and O–H groups in total. The van der Waals surface area contributed by atoms with Crippen LogP contribution in [0.25, 0.3) is 10.9 Å². The lowest BCUT2D eigenvalue weighted by Gasteiger charge is -2.29. The second-order valence-electron chi connectivity index (χ2n) is 5.73. The molecule has 1 saturated carbocycles. The monoisotopic (exact) mass is 298 g/mol. The maximum atomic E-state index is 12.4. The number of hydrogen-bond donors (Lipinski definition) is 2. The number of carbonyl (C=O) groups is 2. The van der Waals surface area contributed by atoms with E-state index in [4.69, 9.17) is 0 Å². The van der Waals surface area contributed by atoms with E-state index in [9.17, 15) is 14.7 Å². The number of carbonyl (C=O) groups excluding carboxylic acids is 1. The number of fused-ring (bicyclic) bond motifs is 1. The van der Waals surface area contributed by atoms with Crippen LogP contribution < -0.4 is 5.32 Å². The van der Waals surface area contributed by atoms with Gasteiger partial charge in [0.15, 0.2) is 0 Å². The van der Waals surface area contributed by atoms with Gasteiger partial charge in [-0.2, -0.15) is 0 Å². The van der Waals surface area contributed by atoms with E-state index in [0.29, 0.717) is 18.4 Å². The number of benzene rings is 1. The van der Waals surface area contributed by atoms with Crippen molar-refractivity contribution in [2.75, 3.05) is 0 Å². The van der Waals surface area contributed by atoms with Crippen molar-refractivity contribution >= 4 is 22.8 Å². The van der Waals surface area contributed by atoms with Gasteiger partial charge in [-0.15, -0.1) is 0 Å². The molecule has 22 heavy (non-hydrogen) atoms. The van der Waals surface area contributed by atoms with Crippen LogP contribution in [0.5, 0.6) is 0 Å². The van der Waals surface area contributed by atoms with Gasteiger partial charge in [0.25, 0.3) is 5.91 Å². The molecule has 1 aromatic heterocycles. The summed E-state index contributed by atoms with van der Waals surface area (Å²) in [6.07, 6.45) is 4.72. The molecule has 2 aromatic rings. The summed E-state index contributed by atoms with van der Waals surface area (Å²) >= 11 is 0. The molecule has 0 saturated heterocycles. The van der Waals surface area contributed by atoms with Crippen LogP contribution in [0.15, 0.2) is 36.5 Å². The summed E-state index contributed by atoms with van der Waals surface area (Å²) in [5.74, 6) is -1.58. The van der Waals surface area contributed by atoms with Crippen LogP contribution in [-0.2, 0) is 4.79 Å². The van der Waals surface area contributed by atoms with E-state index in [1.54, 1.807) is 6.07 Å². The first-order chi connectivity index (χ1) is 10.6. The minimum absolute atomic E-state index is 0.253. The van der Waals surface area contributed by atoms with Crippen LogP contribution in [0.3, 0.4) is 0 Å². The van der Waals surface area contributed by atoms with E-state index >= 15 is 0 Å². The number of nitrogens with zero attached hydrogens (tertiary/aromatic N) is 1. The summed E-state index contributed by atoms with van der Waals surface area (Å²) in [7, 11) is 0. The highest BCUT2D eigenvalue weighted by molar-refractivity contribution is 5.97. The predicted molar refractivity (Wildman–Crippen MR) is 82.6 cm³/mol. The van der Waals surface area contributed by atoms with Crippen molar-refractivity contribution in [2.45, 2.75) is 31.7 Å². The minimum Gasteiger partial charge on any atom is -0.481 e. The lowest BCUT2D eigenvalue weighted by molar-refractivity contribution is -0.143. The molecule has 2 atom stereocenters. The average molecular weight is 298 g/mol. The second-order valence-corrected chi connectivity index (χ2v) is 5.73. The molecular weight excluding hydrogens is 280 g/mol. The van der Waals surface area contributed by atoms with Crippen molar-refractivity contribution in [3.8, 4) is 0 Å². The van der Waals surface area contributed by atoms with Crippen molar-refractivity contribution in [1.29, 1.82) is 0 Å². The Kier molecular flexibility index (Phi) is 4.04. The Morgan fingerprint density at radius 1 is 1.18 bits per heavy atom. The van der Waals surface area contributed by atoms with Crippen molar-refractivity contribution in [3.63, 3.8) is 0 Å². The van der Waals surface area contributed by atoms with E-state index < -0.39 is 11.9 Å². The number of pyridine rings is 1. The Labute approximate surface area is 128 Å². The molecule has 1 aromatic carbocycles. The van der Waals surface area contributed by atoms with Crippen molar-refractivity contribution in [3.05, 3.63) is 42.1 Å². The van der Waals surface area contributed by atoms with E-state index in [2.05, 4.69) is 10.3 Å². The zero-order chi connectivity index (χ0) is 15.5. The highest BCUT2D eigenvalue weighted by Crippen LogP contribution is 2.25. The normalized spacial score (nSPS) is 21.5. The first-order valence-electron chi connectivity index (χ1n) is 7.53. The summed E-state index contributed by atoms with van der Waals surface area (Å²) in [4.78, 5) is 27.9. The molecule has 114 valence electrons. The van der Waals surface area contributed by atoms with Crippen molar-refractivity contribution < 1.29 is 14.7 Å². The molecule has 0 unspecified atom stereocenters. The summed E-state index contributed by atoms with van der Waals surface area (Å²) in [5, 5.41) is 13.0. The van der Waals surface area contributed by atoms with Gasteiger partial charge < -0.3 is 10.4 Å². The third-order valence-electron chi connectivity index (χ3n) is 4.25. The Morgan fingerprint density at radius 3 is 2.77 bits per heavy atom. The number of carboxylic acids is 1. The first kappa shape index (κ1) is 14.5. The highest BCUT2D eigenvalue weighted by atomic mass is 16.4. The van der Waals surface area contributed by atoms with Crippen LogP contribution in [0.2, 0.25) is 0 Å². The molecule has 1 heterocycles.